The Hall–Kier alpha value is -2.04. The standard InChI is InChI=1S/C19H18Cl2IN3O4/c1-3-28-16-7-11(9-24-25-19(27)18(26)23-2)6-15(22)17(16)29-10-12-4-5-13(20)8-14(12)21/h4-9H,3,10H2,1-2H3,(H,23,26)(H,25,27)/b24-9-. The molecule has 0 radical (unpaired) electrons. The van der Waals surface area contributed by atoms with Crippen LogP contribution in [0.3, 0.4) is 0 Å². The molecule has 154 valence electrons. The highest BCUT2D eigenvalue weighted by molar-refractivity contribution is 14.1. The first-order chi connectivity index (χ1) is 13.8. The zero-order valence-corrected chi connectivity index (χ0v) is 19.3. The summed E-state index contributed by atoms with van der Waals surface area (Å²) in [5.41, 5.74) is 3.59. The molecule has 0 aliphatic carbocycles. The third-order valence-corrected chi connectivity index (χ3v) is 4.92. The summed E-state index contributed by atoms with van der Waals surface area (Å²) >= 11 is 14.2. The number of likely N-dealkylation sites (N-methyl/N-ethyl adjacent to an activating group) is 1. The van der Waals surface area contributed by atoms with E-state index in [1.165, 1.54) is 13.3 Å². The molecule has 2 N–H and O–H groups in total. The highest BCUT2D eigenvalue weighted by atomic mass is 127. The van der Waals surface area contributed by atoms with Gasteiger partial charge in [0.25, 0.3) is 0 Å². The Balaban J connectivity index is 2.18. The molecule has 0 unspecified atom stereocenters. The van der Waals surface area contributed by atoms with Crippen molar-refractivity contribution in [2.45, 2.75) is 13.5 Å². The number of carbonyl (C=O) groups is 2. The Morgan fingerprint density at radius 1 is 1.17 bits per heavy atom. The number of hydrazone groups is 1. The van der Waals surface area contributed by atoms with E-state index < -0.39 is 11.8 Å². The molecule has 0 fully saturated rings. The predicted octanol–water partition coefficient (Wildman–Crippen LogP) is 3.77. The first-order valence-corrected chi connectivity index (χ1v) is 10.3. The SMILES string of the molecule is CCOc1cc(/C=N\NC(=O)C(=O)NC)cc(I)c1OCc1ccc(Cl)cc1Cl. The Bertz CT molecular complexity index is 938. The van der Waals surface area contributed by atoms with E-state index >= 15 is 0 Å². The van der Waals surface area contributed by atoms with Crippen molar-refractivity contribution in [1.82, 2.24) is 10.7 Å². The lowest BCUT2D eigenvalue weighted by Gasteiger charge is -2.15. The first-order valence-electron chi connectivity index (χ1n) is 8.43. The molecule has 0 aliphatic heterocycles. The number of nitrogens with one attached hydrogen (secondary N) is 2. The summed E-state index contributed by atoms with van der Waals surface area (Å²) in [5.74, 6) is -0.562. The largest absolute Gasteiger partial charge is 0.490 e. The van der Waals surface area contributed by atoms with E-state index in [0.29, 0.717) is 33.7 Å². The summed E-state index contributed by atoms with van der Waals surface area (Å²) in [6, 6.07) is 8.72. The summed E-state index contributed by atoms with van der Waals surface area (Å²) in [7, 11) is 1.36. The van der Waals surface area contributed by atoms with Crippen LogP contribution in [0.25, 0.3) is 0 Å². The van der Waals surface area contributed by atoms with Gasteiger partial charge in [-0.25, -0.2) is 5.43 Å². The Labute approximate surface area is 191 Å². The first kappa shape index (κ1) is 23.2. The van der Waals surface area contributed by atoms with Gasteiger partial charge < -0.3 is 14.8 Å². The maximum atomic E-state index is 11.4. The van der Waals surface area contributed by atoms with Gasteiger partial charge >= 0.3 is 11.8 Å². The normalized spacial score (nSPS) is 10.7. The van der Waals surface area contributed by atoms with Gasteiger partial charge in [0.15, 0.2) is 11.5 Å². The molecule has 2 aromatic rings. The fourth-order valence-electron chi connectivity index (χ4n) is 2.18. The van der Waals surface area contributed by atoms with E-state index in [4.69, 9.17) is 32.7 Å². The predicted molar refractivity (Wildman–Crippen MR) is 121 cm³/mol. The van der Waals surface area contributed by atoms with Crippen LogP contribution in [0.2, 0.25) is 10.0 Å². The zero-order chi connectivity index (χ0) is 21.4. The van der Waals surface area contributed by atoms with Crippen LogP contribution in [0, 0.1) is 3.57 Å². The maximum Gasteiger partial charge on any atom is 0.329 e. The summed E-state index contributed by atoms with van der Waals surface area (Å²) < 4.78 is 12.4. The lowest BCUT2D eigenvalue weighted by atomic mass is 10.2. The maximum absolute atomic E-state index is 11.4. The molecule has 0 spiro atoms. The van der Waals surface area contributed by atoms with Crippen molar-refractivity contribution in [3.63, 3.8) is 0 Å². The van der Waals surface area contributed by atoms with Crippen LogP contribution in [-0.2, 0) is 16.2 Å². The smallest absolute Gasteiger partial charge is 0.329 e. The molecule has 0 aliphatic rings. The van der Waals surface area contributed by atoms with Crippen molar-refractivity contribution in [3.05, 3.63) is 55.1 Å². The number of hydrogen-bond donors (Lipinski definition) is 2. The van der Waals surface area contributed by atoms with Crippen LogP contribution in [-0.4, -0.2) is 31.7 Å². The minimum Gasteiger partial charge on any atom is -0.490 e. The van der Waals surface area contributed by atoms with Crippen LogP contribution in [0.1, 0.15) is 18.1 Å². The van der Waals surface area contributed by atoms with Crippen molar-refractivity contribution < 1.29 is 19.1 Å². The number of nitrogens with zero attached hydrogens (tertiary/aromatic N) is 1. The molecule has 0 bridgehead atoms. The molecular formula is C19H18Cl2IN3O4. The monoisotopic (exact) mass is 549 g/mol. The Morgan fingerprint density at radius 3 is 2.59 bits per heavy atom. The molecule has 0 atom stereocenters. The van der Waals surface area contributed by atoms with Crippen LogP contribution in [0.4, 0.5) is 0 Å². The molecule has 2 amide bonds. The molecule has 0 heterocycles. The molecule has 2 aromatic carbocycles. The number of halogens is 3. The van der Waals surface area contributed by atoms with Gasteiger partial charge in [-0.1, -0.05) is 29.3 Å². The quantitative estimate of drug-likeness (QED) is 0.238. The van der Waals surface area contributed by atoms with E-state index in [1.54, 1.807) is 30.3 Å². The van der Waals surface area contributed by atoms with Gasteiger partial charge in [0.05, 0.1) is 16.4 Å². The van der Waals surface area contributed by atoms with Crippen molar-refractivity contribution >= 4 is 63.8 Å². The van der Waals surface area contributed by atoms with Crippen LogP contribution < -0.4 is 20.2 Å². The van der Waals surface area contributed by atoms with Gasteiger partial charge in [0.2, 0.25) is 0 Å². The number of rotatable bonds is 7. The molecule has 7 nitrogen and oxygen atoms in total. The van der Waals surface area contributed by atoms with Crippen molar-refractivity contribution in [2.75, 3.05) is 13.7 Å². The minimum absolute atomic E-state index is 0.238. The lowest BCUT2D eigenvalue weighted by molar-refractivity contribution is -0.138. The van der Waals surface area contributed by atoms with E-state index in [9.17, 15) is 9.59 Å². The number of ether oxygens (including phenoxy) is 2. The third kappa shape index (κ3) is 6.76. The van der Waals surface area contributed by atoms with Crippen LogP contribution in [0.15, 0.2) is 35.4 Å². The number of benzene rings is 2. The summed E-state index contributed by atoms with van der Waals surface area (Å²) in [5, 5.41) is 7.06. The highest BCUT2D eigenvalue weighted by Crippen LogP contribution is 2.35. The summed E-state index contributed by atoms with van der Waals surface area (Å²) in [4.78, 5) is 22.6. The second kappa shape index (κ2) is 11.2. The van der Waals surface area contributed by atoms with Crippen molar-refractivity contribution in [1.29, 1.82) is 0 Å². The second-order valence-corrected chi connectivity index (χ2v) is 7.57. The Morgan fingerprint density at radius 2 is 1.93 bits per heavy atom. The fraction of sp³-hybridized carbons (Fsp3) is 0.211. The molecular weight excluding hydrogens is 532 g/mol. The topological polar surface area (TPSA) is 89.0 Å². The fourth-order valence-corrected chi connectivity index (χ4v) is 3.43. The van der Waals surface area contributed by atoms with E-state index in [2.05, 4.69) is 38.4 Å². The molecule has 2 rings (SSSR count). The van der Waals surface area contributed by atoms with E-state index in [0.717, 1.165) is 9.13 Å². The molecule has 0 saturated carbocycles. The molecule has 29 heavy (non-hydrogen) atoms. The summed E-state index contributed by atoms with van der Waals surface area (Å²) in [6.07, 6.45) is 1.41. The average Bonchev–Trinajstić information content (AvgIpc) is 2.68. The molecule has 0 aromatic heterocycles. The van der Waals surface area contributed by atoms with Gasteiger partial charge in [0, 0.05) is 22.7 Å². The average molecular weight is 550 g/mol. The van der Waals surface area contributed by atoms with Gasteiger partial charge in [-0.2, -0.15) is 5.10 Å². The lowest BCUT2D eigenvalue weighted by Crippen LogP contribution is -2.35. The van der Waals surface area contributed by atoms with E-state index in [-0.39, 0.29) is 6.61 Å². The number of hydrogen-bond acceptors (Lipinski definition) is 5. The van der Waals surface area contributed by atoms with Crippen molar-refractivity contribution in [3.8, 4) is 11.5 Å². The molecule has 0 saturated heterocycles. The van der Waals surface area contributed by atoms with Crippen LogP contribution in [0.5, 0.6) is 11.5 Å². The van der Waals surface area contributed by atoms with Gasteiger partial charge in [-0.05, 0) is 59.3 Å². The minimum atomic E-state index is -0.858. The third-order valence-electron chi connectivity index (χ3n) is 3.53. The van der Waals surface area contributed by atoms with Gasteiger partial charge in [0.1, 0.15) is 6.61 Å². The van der Waals surface area contributed by atoms with E-state index in [1.807, 2.05) is 6.92 Å². The zero-order valence-electron chi connectivity index (χ0n) is 15.6. The van der Waals surface area contributed by atoms with Crippen molar-refractivity contribution in [2.24, 2.45) is 5.10 Å². The van der Waals surface area contributed by atoms with Gasteiger partial charge in [-0.3, -0.25) is 9.59 Å². The molecule has 10 heteroatoms. The number of carbonyl (C=O) groups excluding carboxylic acids is 2. The number of amides is 2. The highest BCUT2D eigenvalue weighted by Gasteiger charge is 2.14. The summed E-state index contributed by atoms with van der Waals surface area (Å²) in [6.45, 7) is 2.53. The van der Waals surface area contributed by atoms with Gasteiger partial charge in [-0.15, -0.1) is 0 Å². The second-order valence-electron chi connectivity index (χ2n) is 5.57. The Kier molecular flexibility index (Phi) is 8.99. The van der Waals surface area contributed by atoms with Crippen LogP contribution >= 0.6 is 45.8 Å².